The number of hydrogen-bond acceptors (Lipinski definition) is 3. The van der Waals surface area contributed by atoms with E-state index in [1.807, 2.05) is 28.9 Å². The first-order valence-electron chi connectivity index (χ1n) is 14.2. The highest BCUT2D eigenvalue weighted by Crippen LogP contribution is 2.55. The van der Waals surface area contributed by atoms with Crippen molar-refractivity contribution >= 4 is 34.8 Å². The number of hydrogen-bond donors (Lipinski definition) is 0. The van der Waals surface area contributed by atoms with Crippen LogP contribution >= 0.6 is 34.8 Å². The zero-order chi connectivity index (χ0) is 26.0. The minimum atomic E-state index is 0.589. The van der Waals surface area contributed by atoms with E-state index in [2.05, 4.69) is 28.9 Å². The minimum Gasteiger partial charge on any atom is -0.297 e. The lowest BCUT2D eigenvalue weighted by molar-refractivity contribution is -0.0769. The quantitative estimate of drug-likeness (QED) is 0.314. The van der Waals surface area contributed by atoms with Gasteiger partial charge in [0.15, 0.2) is 0 Å². The van der Waals surface area contributed by atoms with Crippen molar-refractivity contribution in [2.75, 3.05) is 26.2 Å². The van der Waals surface area contributed by atoms with Crippen molar-refractivity contribution in [2.24, 2.45) is 23.7 Å². The van der Waals surface area contributed by atoms with Crippen molar-refractivity contribution in [3.8, 4) is 16.9 Å². The highest BCUT2D eigenvalue weighted by atomic mass is 35.5. The Kier molecular flexibility index (Phi) is 6.77. The lowest BCUT2D eigenvalue weighted by Crippen LogP contribution is -2.60. The molecule has 3 aromatic rings. The van der Waals surface area contributed by atoms with Crippen LogP contribution in [-0.2, 0) is 6.54 Å². The van der Waals surface area contributed by atoms with Gasteiger partial charge < -0.3 is 0 Å². The van der Waals surface area contributed by atoms with E-state index in [9.17, 15) is 0 Å². The molecule has 2 heterocycles. The monoisotopic (exact) mass is 568 g/mol. The third-order valence-corrected chi connectivity index (χ3v) is 10.6. The molecule has 4 saturated carbocycles. The Bertz CT molecular complexity index is 1300. The third kappa shape index (κ3) is 4.61. The predicted molar refractivity (Wildman–Crippen MR) is 156 cm³/mol. The molecular weight excluding hydrogens is 535 g/mol. The molecule has 4 aliphatic carbocycles. The van der Waals surface area contributed by atoms with Gasteiger partial charge >= 0.3 is 0 Å². The summed E-state index contributed by atoms with van der Waals surface area (Å²) in [4.78, 5) is 5.45. The maximum absolute atomic E-state index is 6.66. The summed E-state index contributed by atoms with van der Waals surface area (Å²) in [6, 6.07) is 14.4. The molecule has 7 heteroatoms. The van der Waals surface area contributed by atoms with E-state index < -0.39 is 0 Å². The average Bonchev–Trinajstić information content (AvgIpc) is 3.20. The van der Waals surface area contributed by atoms with Crippen LogP contribution in [0.1, 0.15) is 43.4 Å². The van der Waals surface area contributed by atoms with Crippen LogP contribution in [0.25, 0.3) is 16.9 Å². The van der Waals surface area contributed by atoms with Gasteiger partial charge in [-0.05, 0) is 98.6 Å². The molecule has 2 aromatic carbocycles. The second-order valence-electron chi connectivity index (χ2n) is 12.2. The van der Waals surface area contributed by atoms with Gasteiger partial charge in [-0.2, -0.15) is 5.10 Å². The summed E-state index contributed by atoms with van der Waals surface area (Å²) < 4.78 is 1.98. The van der Waals surface area contributed by atoms with Crippen LogP contribution in [0.5, 0.6) is 0 Å². The zero-order valence-corrected chi connectivity index (χ0v) is 24.2. The largest absolute Gasteiger partial charge is 0.297 e. The molecule has 1 aliphatic heterocycles. The summed E-state index contributed by atoms with van der Waals surface area (Å²) in [5.41, 5.74) is 5.24. The van der Waals surface area contributed by atoms with Gasteiger partial charge in [0, 0.05) is 54.4 Å². The smallest absolute Gasteiger partial charge is 0.0840 e. The van der Waals surface area contributed by atoms with Crippen LogP contribution in [0.2, 0.25) is 15.1 Å². The van der Waals surface area contributed by atoms with Gasteiger partial charge in [-0.25, -0.2) is 4.68 Å². The Morgan fingerprint density at radius 3 is 2.05 bits per heavy atom. The number of rotatable bonds is 5. The van der Waals surface area contributed by atoms with Crippen molar-refractivity contribution in [3.05, 3.63) is 68.8 Å². The fraction of sp³-hybridized carbons (Fsp3) is 0.516. The molecule has 1 saturated heterocycles. The van der Waals surface area contributed by atoms with Crippen molar-refractivity contribution in [1.82, 2.24) is 19.6 Å². The SMILES string of the molecule is Cc1c(CN2CCN(C3[C@H]4C[C@@H]5C[C@@H](C[C@H]3C5)C4)CC2)nn(-c2ccc(Cl)cc2Cl)c1-c1ccc(Cl)cc1. The Balaban J connectivity index is 1.12. The maximum atomic E-state index is 6.66. The Hall–Kier alpha value is -1.56. The van der Waals surface area contributed by atoms with Gasteiger partial charge in [0.1, 0.15) is 0 Å². The lowest BCUT2D eigenvalue weighted by Gasteiger charge is -2.58. The molecule has 4 nitrogen and oxygen atoms in total. The first-order valence-corrected chi connectivity index (χ1v) is 15.3. The maximum Gasteiger partial charge on any atom is 0.0840 e. The Labute approximate surface area is 240 Å². The molecule has 4 bridgehead atoms. The number of piperazine rings is 1. The third-order valence-electron chi connectivity index (χ3n) is 9.86. The first-order chi connectivity index (χ1) is 18.4. The van der Waals surface area contributed by atoms with E-state index in [0.717, 1.165) is 77.0 Å². The average molecular weight is 570 g/mol. The van der Waals surface area contributed by atoms with Gasteiger partial charge in [0.25, 0.3) is 0 Å². The van der Waals surface area contributed by atoms with E-state index in [-0.39, 0.29) is 0 Å². The van der Waals surface area contributed by atoms with E-state index in [0.29, 0.717) is 10.0 Å². The van der Waals surface area contributed by atoms with Crippen LogP contribution in [0.3, 0.4) is 0 Å². The molecule has 200 valence electrons. The standard InChI is InChI=1S/C31H35Cl3N4/c1-19-28(18-36-8-10-37(11-9-36)31-23-13-20-12-21(15-23)16-24(31)14-20)35-38(29-7-6-26(33)17-27(29)34)30(19)22-2-4-25(32)5-3-22/h2-7,17,20-21,23-24,31H,8-16,18H2,1H3/t20-,21+,23-,24+,31?. The minimum absolute atomic E-state index is 0.589. The molecule has 8 rings (SSSR count). The van der Waals surface area contributed by atoms with Crippen molar-refractivity contribution in [3.63, 3.8) is 0 Å². The molecule has 5 aliphatic rings. The predicted octanol–water partition coefficient (Wildman–Crippen LogP) is 7.75. The van der Waals surface area contributed by atoms with Crippen molar-refractivity contribution in [1.29, 1.82) is 0 Å². The van der Waals surface area contributed by atoms with Crippen molar-refractivity contribution in [2.45, 2.75) is 51.6 Å². The fourth-order valence-electron chi connectivity index (χ4n) is 8.39. The topological polar surface area (TPSA) is 24.3 Å². The summed E-state index contributed by atoms with van der Waals surface area (Å²) in [5, 5.41) is 7.06. The molecule has 5 fully saturated rings. The molecule has 1 aromatic heterocycles. The molecular formula is C31H35Cl3N4. The summed E-state index contributed by atoms with van der Waals surface area (Å²) >= 11 is 19.1. The normalized spacial score (nSPS) is 29.3. The van der Waals surface area contributed by atoms with E-state index in [1.165, 1.54) is 50.8 Å². The Morgan fingerprint density at radius 1 is 0.789 bits per heavy atom. The van der Waals surface area contributed by atoms with Gasteiger partial charge in [-0.15, -0.1) is 0 Å². The second kappa shape index (κ2) is 10.1. The zero-order valence-electron chi connectivity index (χ0n) is 21.9. The summed E-state index contributed by atoms with van der Waals surface area (Å²) in [7, 11) is 0. The van der Waals surface area contributed by atoms with Gasteiger partial charge in [0.05, 0.1) is 22.1 Å². The van der Waals surface area contributed by atoms with Crippen LogP contribution in [0.15, 0.2) is 42.5 Å². The van der Waals surface area contributed by atoms with Gasteiger partial charge in [-0.3, -0.25) is 9.80 Å². The molecule has 0 N–H and O–H groups in total. The molecule has 38 heavy (non-hydrogen) atoms. The van der Waals surface area contributed by atoms with Crippen molar-refractivity contribution < 1.29 is 0 Å². The molecule has 0 atom stereocenters. The highest BCUT2D eigenvalue weighted by molar-refractivity contribution is 6.35. The number of halogens is 3. The second-order valence-corrected chi connectivity index (χ2v) is 13.4. The lowest BCUT2D eigenvalue weighted by atomic mass is 9.54. The van der Waals surface area contributed by atoms with Crippen LogP contribution in [0.4, 0.5) is 0 Å². The number of aromatic nitrogens is 2. The van der Waals surface area contributed by atoms with Crippen LogP contribution in [0, 0.1) is 30.6 Å². The van der Waals surface area contributed by atoms with Gasteiger partial charge in [-0.1, -0.05) is 46.9 Å². The Morgan fingerprint density at radius 2 is 1.42 bits per heavy atom. The van der Waals surface area contributed by atoms with Gasteiger partial charge in [0.2, 0.25) is 0 Å². The first kappa shape index (κ1) is 25.4. The van der Waals surface area contributed by atoms with Crippen LogP contribution < -0.4 is 0 Å². The molecule has 0 unspecified atom stereocenters. The summed E-state index contributed by atoms with van der Waals surface area (Å²) in [5.74, 6) is 4.00. The van der Waals surface area contributed by atoms with Crippen LogP contribution in [-0.4, -0.2) is 51.8 Å². The highest BCUT2D eigenvalue weighted by Gasteiger charge is 2.50. The number of nitrogens with zero attached hydrogens (tertiary/aromatic N) is 4. The fourth-order valence-corrected chi connectivity index (χ4v) is 9.00. The summed E-state index contributed by atoms with van der Waals surface area (Å²) in [6.07, 6.45) is 7.51. The molecule has 0 amide bonds. The number of benzene rings is 2. The van der Waals surface area contributed by atoms with E-state index in [4.69, 9.17) is 39.9 Å². The van der Waals surface area contributed by atoms with E-state index in [1.54, 1.807) is 6.07 Å². The van der Waals surface area contributed by atoms with E-state index >= 15 is 0 Å². The summed E-state index contributed by atoms with van der Waals surface area (Å²) in [6.45, 7) is 7.59. The molecule has 0 radical (unpaired) electrons. The molecule has 0 spiro atoms.